The minimum absolute atomic E-state index is 0.348. The molecular weight excluding hydrogens is 166 g/mol. The van der Waals surface area contributed by atoms with Crippen LogP contribution in [0.2, 0.25) is 0 Å². The maximum absolute atomic E-state index is 10.3. The molecule has 0 aliphatic carbocycles. The van der Waals surface area contributed by atoms with Crippen LogP contribution >= 0.6 is 0 Å². The van der Waals surface area contributed by atoms with Crippen molar-refractivity contribution >= 4 is 6.41 Å². The van der Waals surface area contributed by atoms with Crippen molar-refractivity contribution in [3.63, 3.8) is 0 Å². The second-order valence-corrected chi connectivity index (χ2v) is 2.70. The molecule has 1 radical (unpaired) electrons. The standard InChI is InChI=1S/C10H12NO2/c1-2-10(11(13)8-12)9-6-4-3-5-7-9/h3-8,10,13H,1-2H2/t10-/m0/s1. The summed E-state index contributed by atoms with van der Waals surface area (Å²) in [6.45, 7) is 3.67. The molecule has 0 fully saturated rings. The van der Waals surface area contributed by atoms with E-state index in [4.69, 9.17) is 0 Å². The number of amides is 1. The van der Waals surface area contributed by atoms with Gasteiger partial charge in [-0.2, -0.15) is 0 Å². The van der Waals surface area contributed by atoms with E-state index in [1.807, 2.05) is 30.3 Å². The summed E-state index contributed by atoms with van der Waals surface area (Å²) in [5, 5.41) is 9.84. The fraction of sp³-hybridized carbons (Fsp3) is 0.200. The van der Waals surface area contributed by atoms with Crippen LogP contribution in [0, 0.1) is 6.92 Å². The monoisotopic (exact) mass is 178 g/mol. The molecule has 69 valence electrons. The van der Waals surface area contributed by atoms with E-state index >= 15 is 0 Å². The fourth-order valence-electron chi connectivity index (χ4n) is 1.20. The molecule has 0 aliphatic heterocycles. The summed E-state index contributed by atoms with van der Waals surface area (Å²) in [5.41, 5.74) is 0.882. The quantitative estimate of drug-likeness (QED) is 0.434. The molecule has 0 unspecified atom stereocenters. The average Bonchev–Trinajstić information content (AvgIpc) is 2.20. The highest BCUT2D eigenvalue weighted by Crippen LogP contribution is 2.20. The first-order chi connectivity index (χ1) is 6.29. The summed E-state index contributed by atoms with van der Waals surface area (Å²) in [4.78, 5) is 10.3. The lowest BCUT2D eigenvalue weighted by Crippen LogP contribution is -2.23. The zero-order valence-corrected chi connectivity index (χ0v) is 7.26. The molecule has 1 N–H and O–H groups in total. The minimum atomic E-state index is -0.348. The summed E-state index contributed by atoms with van der Waals surface area (Å²) in [6.07, 6.45) is 0.835. The first-order valence-corrected chi connectivity index (χ1v) is 4.06. The van der Waals surface area contributed by atoms with Crippen LogP contribution in [0.4, 0.5) is 0 Å². The Balaban J connectivity index is 2.84. The third kappa shape index (κ3) is 2.29. The van der Waals surface area contributed by atoms with Gasteiger partial charge in [0.2, 0.25) is 6.41 Å². The first-order valence-electron chi connectivity index (χ1n) is 4.06. The van der Waals surface area contributed by atoms with Crippen LogP contribution in [0.5, 0.6) is 0 Å². The van der Waals surface area contributed by atoms with Gasteiger partial charge in [0.15, 0.2) is 0 Å². The largest absolute Gasteiger partial charge is 0.286 e. The molecule has 13 heavy (non-hydrogen) atoms. The number of hydroxylamine groups is 2. The second-order valence-electron chi connectivity index (χ2n) is 2.70. The lowest BCUT2D eigenvalue weighted by Gasteiger charge is -2.20. The lowest BCUT2D eigenvalue weighted by atomic mass is 10.1. The molecule has 3 heteroatoms. The Kier molecular flexibility index (Phi) is 3.46. The Morgan fingerprint density at radius 3 is 2.54 bits per heavy atom. The maximum atomic E-state index is 10.3. The van der Waals surface area contributed by atoms with Crippen LogP contribution in [-0.2, 0) is 4.79 Å². The molecule has 0 spiro atoms. The number of hydrogen-bond donors (Lipinski definition) is 1. The maximum Gasteiger partial charge on any atom is 0.233 e. The van der Waals surface area contributed by atoms with E-state index in [9.17, 15) is 10.0 Å². The van der Waals surface area contributed by atoms with Gasteiger partial charge in [-0.1, -0.05) is 37.3 Å². The number of nitrogens with zero attached hydrogens (tertiary/aromatic N) is 1. The molecule has 1 aromatic carbocycles. The van der Waals surface area contributed by atoms with Gasteiger partial charge < -0.3 is 0 Å². The van der Waals surface area contributed by atoms with Crippen molar-refractivity contribution in [2.24, 2.45) is 0 Å². The van der Waals surface area contributed by atoms with E-state index in [0.717, 1.165) is 5.56 Å². The Morgan fingerprint density at radius 1 is 1.46 bits per heavy atom. The zero-order valence-electron chi connectivity index (χ0n) is 7.26. The van der Waals surface area contributed by atoms with Gasteiger partial charge >= 0.3 is 0 Å². The molecule has 0 saturated carbocycles. The van der Waals surface area contributed by atoms with Crippen LogP contribution in [0.1, 0.15) is 18.0 Å². The molecule has 1 rings (SSSR count). The summed E-state index contributed by atoms with van der Waals surface area (Å²) in [5.74, 6) is 0. The van der Waals surface area contributed by atoms with Gasteiger partial charge in [0.05, 0.1) is 6.04 Å². The highest BCUT2D eigenvalue weighted by atomic mass is 16.5. The Labute approximate surface area is 77.6 Å². The highest BCUT2D eigenvalue weighted by Gasteiger charge is 2.14. The molecule has 0 bridgehead atoms. The summed E-state index contributed by atoms with van der Waals surface area (Å²) in [7, 11) is 0. The van der Waals surface area contributed by atoms with Gasteiger partial charge in [-0.3, -0.25) is 10.0 Å². The van der Waals surface area contributed by atoms with Crippen LogP contribution in [0.3, 0.4) is 0 Å². The van der Waals surface area contributed by atoms with Crippen molar-refractivity contribution in [1.29, 1.82) is 0 Å². The van der Waals surface area contributed by atoms with Gasteiger partial charge in [0, 0.05) is 0 Å². The Bertz CT molecular complexity index is 261. The topological polar surface area (TPSA) is 40.5 Å². The smallest absolute Gasteiger partial charge is 0.233 e. The molecule has 0 saturated heterocycles. The van der Waals surface area contributed by atoms with Crippen molar-refractivity contribution < 1.29 is 10.0 Å². The molecular formula is C10H12NO2. The van der Waals surface area contributed by atoms with Gasteiger partial charge in [0.25, 0.3) is 0 Å². The first kappa shape index (κ1) is 9.74. The van der Waals surface area contributed by atoms with Crippen LogP contribution in [0.25, 0.3) is 0 Å². The van der Waals surface area contributed by atoms with Crippen molar-refractivity contribution in [1.82, 2.24) is 5.06 Å². The molecule has 1 aromatic rings. The van der Waals surface area contributed by atoms with Crippen LogP contribution in [-0.4, -0.2) is 16.7 Å². The SMILES string of the molecule is [CH2]C[C@@H](c1ccccc1)N(O)C=O. The number of rotatable bonds is 4. The molecule has 0 heterocycles. The van der Waals surface area contributed by atoms with Crippen molar-refractivity contribution in [2.75, 3.05) is 0 Å². The average molecular weight is 178 g/mol. The van der Waals surface area contributed by atoms with Crippen molar-refractivity contribution in [3.8, 4) is 0 Å². The lowest BCUT2D eigenvalue weighted by molar-refractivity contribution is -0.160. The van der Waals surface area contributed by atoms with E-state index in [2.05, 4.69) is 6.92 Å². The normalized spacial score (nSPS) is 12.2. The summed E-state index contributed by atoms with van der Waals surface area (Å²) in [6, 6.07) is 8.95. The molecule has 0 aromatic heterocycles. The molecule has 1 atom stereocenters. The highest BCUT2D eigenvalue weighted by molar-refractivity contribution is 5.46. The van der Waals surface area contributed by atoms with Crippen LogP contribution in [0.15, 0.2) is 30.3 Å². The number of benzene rings is 1. The van der Waals surface area contributed by atoms with Gasteiger partial charge in [0.1, 0.15) is 0 Å². The second kappa shape index (κ2) is 4.62. The zero-order chi connectivity index (χ0) is 9.68. The van der Waals surface area contributed by atoms with E-state index in [1.54, 1.807) is 0 Å². The number of carbonyl (C=O) groups excluding carboxylic acids is 1. The summed E-state index contributed by atoms with van der Waals surface area (Å²) < 4.78 is 0. The van der Waals surface area contributed by atoms with E-state index in [-0.39, 0.29) is 6.04 Å². The summed E-state index contributed by atoms with van der Waals surface area (Å²) >= 11 is 0. The number of hydrogen-bond acceptors (Lipinski definition) is 2. The molecule has 3 nitrogen and oxygen atoms in total. The van der Waals surface area contributed by atoms with E-state index < -0.39 is 0 Å². The Hall–Kier alpha value is -1.35. The number of carbonyl (C=O) groups is 1. The van der Waals surface area contributed by atoms with Crippen molar-refractivity contribution in [3.05, 3.63) is 42.8 Å². The minimum Gasteiger partial charge on any atom is -0.286 e. The van der Waals surface area contributed by atoms with Crippen molar-refractivity contribution in [2.45, 2.75) is 12.5 Å². The third-order valence-corrected chi connectivity index (χ3v) is 1.89. The molecule has 0 aliphatic rings. The predicted molar refractivity (Wildman–Crippen MR) is 48.8 cm³/mol. The van der Waals surface area contributed by atoms with Crippen LogP contribution < -0.4 is 0 Å². The fourth-order valence-corrected chi connectivity index (χ4v) is 1.20. The predicted octanol–water partition coefficient (Wildman–Crippen LogP) is 1.80. The van der Waals surface area contributed by atoms with E-state index in [0.29, 0.717) is 17.9 Å². The third-order valence-electron chi connectivity index (χ3n) is 1.89. The van der Waals surface area contributed by atoms with E-state index in [1.165, 1.54) is 0 Å². The Morgan fingerprint density at radius 2 is 2.08 bits per heavy atom. The van der Waals surface area contributed by atoms with Gasteiger partial charge in [-0.15, -0.1) is 0 Å². The van der Waals surface area contributed by atoms with Gasteiger partial charge in [-0.25, -0.2) is 5.06 Å². The van der Waals surface area contributed by atoms with Gasteiger partial charge in [-0.05, 0) is 12.0 Å². The molecule has 1 amide bonds.